The van der Waals surface area contributed by atoms with Crippen molar-refractivity contribution in [3.8, 4) is 5.69 Å². The van der Waals surface area contributed by atoms with Gasteiger partial charge >= 0.3 is 0 Å². The molecular formula is C14H18BrN3O. The molecule has 1 aromatic carbocycles. The van der Waals surface area contributed by atoms with Gasteiger partial charge in [0.25, 0.3) is 0 Å². The highest BCUT2D eigenvalue weighted by atomic mass is 79.9. The van der Waals surface area contributed by atoms with Gasteiger partial charge in [0.05, 0.1) is 18.0 Å². The van der Waals surface area contributed by atoms with Crippen LogP contribution in [0.5, 0.6) is 0 Å². The van der Waals surface area contributed by atoms with E-state index in [1.165, 1.54) is 0 Å². The van der Waals surface area contributed by atoms with Crippen LogP contribution in [0.25, 0.3) is 5.69 Å². The van der Waals surface area contributed by atoms with Crippen molar-refractivity contribution >= 4 is 15.9 Å². The average Bonchev–Trinajstić information content (AvgIpc) is 2.78. The van der Waals surface area contributed by atoms with Crippen molar-refractivity contribution in [2.45, 2.75) is 26.4 Å². The second-order valence-corrected chi connectivity index (χ2v) is 5.54. The molecule has 2 rings (SSSR count). The normalized spacial score (nSPS) is 12.6. The van der Waals surface area contributed by atoms with Crippen LogP contribution in [0.15, 0.2) is 34.9 Å². The van der Waals surface area contributed by atoms with Gasteiger partial charge in [-0.3, -0.25) is 0 Å². The molecule has 4 nitrogen and oxygen atoms in total. The molecule has 1 aromatic heterocycles. The second-order valence-electron chi connectivity index (χ2n) is 4.63. The third kappa shape index (κ3) is 3.65. The summed E-state index contributed by atoms with van der Waals surface area (Å²) in [6.07, 6.45) is 2.02. The van der Waals surface area contributed by atoms with Crippen LogP contribution in [-0.2, 0) is 6.54 Å². The number of nitrogens with zero attached hydrogens (tertiary/aromatic N) is 2. The van der Waals surface area contributed by atoms with Gasteiger partial charge in [0, 0.05) is 28.8 Å². The fraction of sp³-hybridized carbons (Fsp3) is 0.357. The molecule has 1 atom stereocenters. The number of rotatable bonds is 5. The summed E-state index contributed by atoms with van der Waals surface area (Å²) in [4.78, 5) is 0. The van der Waals surface area contributed by atoms with Crippen molar-refractivity contribution in [2.24, 2.45) is 0 Å². The Morgan fingerprint density at radius 1 is 1.37 bits per heavy atom. The van der Waals surface area contributed by atoms with Gasteiger partial charge in [-0.25, -0.2) is 4.68 Å². The maximum absolute atomic E-state index is 9.00. The number of hydrogen-bond donors (Lipinski definition) is 2. The quantitative estimate of drug-likeness (QED) is 0.888. The number of hydrogen-bond acceptors (Lipinski definition) is 3. The molecule has 0 unspecified atom stereocenters. The van der Waals surface area contributed by atoms with Crippen LogP contribution >= 0.6 is 15.9 Å². The Morgan fingerprint density at radius 2 is 2.05 bits per heavy atom. The maximum atomic E-state index is 9.00. The predicted molar refractivity (Wildman–Crippen MR) is 79.4 cm³/mol. The molecule has 0 spiro atoms. The van der Waals surface area contributed by atoms with Crippen LogP contribution in [0.3, 0.4) is 0 Å². The first-order chi connectivity index (χ1) is 9.10. The molecule has 19 heavy (non-hydrogen) atoms. The van der Waals surface area contributed by atoms with Crippen LogP contribution < -0.4 is 5.32 Å². The number of nitrogens with one attached hydrogen (secondary N) is 1. The summed E-state index contributed by atoms with van der Waals surface area (Å²) in [6.45, 7) is 4.80. The SMILES string of the molecule is Cc1nn(-c2ccc(Br)cc2)cc1CN[C@@H](C)CO. The first-order valence-corrected chi connectivity index (χ1v) is 7.05. The van der Waals surface area contributed by atoms with Gasteiger partial charge < -0.3 is 10.4 Å². The second kappa shape index (κ2) is 6.32. The van der Waals surface area contributed by atoms with E-state index in [-0.39, 0.29) is 12.6 Å². The van der Waals surface area contributed by atoms with Crippen LogP contribution in [0.1, 0.15) is 18.2 Å². The zero-order valence-corrected chi connectivity index (χ0v) is 12.7. The Kier molecular flexibility index (Phi) is 4.74. The minimum atomic E-state index is 0.0930. The molecule has 0 amide bonds. The lowest BCUT2D eigenvalue weighted by molar-refractivity contribution is 0.251. The van der Waals surface area contributed by atoms with E-state index in [2.05, 4.69) is 26.3 Å². The van der Waals surface area contributed by atoms with E-state index < -0.39 is 0 Å². The van der Waals surface area contributed by atoms with Crippen LogP contribution in [0.2, 0.25) is 0 Å². The molecule has 0 bridgehead atoms. The van der Waals surface area contributed by atoms with Gasteiger partial charge in [0.1, 0.15) is 0 Å². The Morgan fingerprint density at radius 3 is 2.68 bits per heavy atom. The summed E-state index contributed by atoms with van der Waals surface area (Å²) in [6, 6.07) is 8.13. The number of benzene rings is 1. The number of aromatic nitrogens is 2. The smallest absolute Gasteiger partial charge is 0.0646 e. The van der Waals surface area contributed by atoms with E-state index in [0.29, 0.717) is 6.54 Å². The molecule has 2 aromatic rings. The first kappa shape index (κ1) is 14.2. The maximum Gasteiger partial charge on any atom is 0.0646 e. The highest BCUT2D eigenvalue weighted by Crippen LogP contribution is 2.15. The Labute approximate surface area is 121 Å². The molecular weight excluding hydrogens is 306 g/mol. The molecule has 1 heterocycles. The lowest BCUT2D eigenvalue weighted by atomic mass is 10.2. The van der Waals surface area contributed by atoms with Crippen LogP contribution in [-0.4, -0.2) is 27.5 Å². The predicted octanol–water partition coefficient (Wildman–Crippen LogP) is 2.41. The van der Waals surface area contributed by atoms with E-state index in [9.17, 15) is 0 Å². The zero-order valence-electron chi connectivity index (χ0n) is 11.1. The molecule has 0 aliphatic carbocycles. The number of aliphatic hydroxyl groups excluding tert-OH is 1. The largest absolute Gasteiger partial charge is 0.395 e. The van der Waals surface area contributed by atoms with Crippen molar-refractivity contribution in [3.05, 3.63) is 46.2 Å². The Balaban J connectivity index is 2.14. The van der Waals surface area contributed by atoms with Gasteiger partial charge in [0.2, 0.25) is 0 Å². The van der Waals surface area contributed by atoms with Crippen molar-refractivity contribution in [1.29, 1.82) is 0 Å². The topological polar surface area (TPSA) is 50.1 Å². The average molecular weight is 324 g/mol. The summed E-state index contributed by atoms with van der Waals surface area (Å²) >= 11 is 3.42. The molecule has 102 valence electrons. The van der Waals surface area contributed by atoms with Crippen molar-refractivity contribution < 1.29 is 5.11 Å². The minimum absolute atomic E-state index is 0.0930. The van der Waals surface area contributed by atoms with E-state index in [1.54, 1.807) is 0 Å². The Hall–Kier alpha value is -1.17. The summed E-state index contributed by atoms with van der Waals surface area (Å²) in [5.41, 5.74) is 3.18. The fourth-order valence-corrected chi connectivity index (χ4v) is 2.01. The Bertz CT molecular complexity index is 536. The van der Waals surface area contributed by atoms with Gasteiger partial charge in [-0.1, -0.05) is 15.9 Å². The van der Waals surface area contributed by atoms with Crippen molar-refractivity contribution in [1.82, 2.24) is 15.1 Å². The fourth-order valence-electron chi connectivity index (χ4n) is 1.74. The zero-order chi connectivity index (χ0) is 13.8. The van der Waals surface area contributed by atoms with Gasteiger partial charge in [-0.05, 0) is 38.1 Å². The molecule has 0 saturated carbocycles. The lowest BCUT2D eigenvalue weighted by Crippen LogP contribution is -2.28. The monoisotopic (exact) mass is 323 g/mol. The van der Waals surface area contributed by atoms with E-state index >= 15 is 0 Å². The summed E-state index contributed by atoms with van der Waals surface area (Å²) in [7, 11) is 0. The van der Waals surface area contributed by atoms with Gasteiger partial charge in [0.15, 0.2) is 0 Å². The molecule has 0 aliphatic heterocycles. The highest BCUT2D eigenvalue weighted by molar-refractivity contribution is 9.10. The number of aliphatic hydroxyl groups is 1. The summed E-state index contributed by atoms with van der Waals surface area (Å²) in [5.74, 6) is 0. The molecule has 5 heteroatoms. The van der Waals surface area contributed by atoms with Gasteiger partial charge in [-0.2, -0.15) is 5.10 Å². The van der Waals surface area contributed by atoms with Crippen LogP contribution in [0.4, 0.5) is 0 Å². The standard InChI is InChI=1S/C14H18BrN3O/c1-10(9-19)16-7-12-8-18(17-11(12)2)14-5-3-13(15)4-6-14/h3-6,8,10,16,19H,7,9H2,1-2H3/t10-/m0/s1. The third-order valence-corrected chi connectivity index (χ3v) is 3.54. The van der Waals surface area contributed by atoms with E-state index in [0.717, 1.165) is 21.4 Å². The highest BCUT2D eigenvalue weighted by Gasteiger charge is 2.07. The molecule has 0 radical (unpaired) electrons. The lowest BCUT2D eigenvalue weighted by Gasteiger charge is -2.09. The molecule has 0 aliphatic rings. The molecule has 2 N–H and O–H groups in total. The van der Waals surface area contributed by atoms with Gasteiger partial charge in [-0.15, -0.1) is 0 Å². The number of halogens is 1. The molecule has 0 fully saturated rings. The minimum Gasteiger partial charge on any atom is -0.395 e. The summed E-state index contributed by atoms with van der Waals surface area (Å²) in [5, 5.41) is 16.8. The van der Waals surface area contributed by atoms with Crippen LogP contribution in [0, 0.1) is 6.92 Å². The first-order valence-electron chi connectivity index (χ1n) is 6.25. The third-order valence-electron chi connectivity index (χ3n) is 3.01. The number of aryl methyl sites for hydroxylation is 1. The van der Waals surface area contributed by atoms with E-state index in [1.807, 2.05) is 49.0 Å². The molecule has 0 saturated heterocycles. The van der Waals surface area contributed by atoms with Crippen molar-refractivity contribution in [3.63, 3.8) is 0 Å². The summed E-state index contributed by atoms with van der Waals surface area (Å²) < 4.78 is 2.93. The van der Waals surface area contributed by atoms with E-state index in [4.69, 9.17) is 5.11 Å². The van der Waals surface area contributed by atoms with Crippen molar-refractivity contribution in [2.75, 3.05) is 6.61 Å².